The molecule has 3 rings (SSSR count). The number of hydrogen-bond acceptors (Lipinski definition) is 3. The second kappa shape index (κ2) is 6.87. The van der Waals surface area contributed by atoms with Gasteiger partial charge in [-0.05, 0) is 29.8 Å². The first-order valence-electron chi connectivity index (χ1n) is 7.47. The highest BCUT2D eigenvalue weighted by atomic mass is 16.5. The molecule has 0 unspecified atom stereocenters. The summed E-state index contributed by atoms with van der Waals surface area (Å²) in [6.45, 7) is 0. The molecule has 0 spiro atoms. The van der Waals surface area contributed by atoms with Crippen LogP contribution >= 0.6 is 0 Å². The third kappa shape index (κ3) is 3.55. The predicted molar refractivity (Wildman–Crippen MR) is 94.3 cm³/mol. The summed E-state index contributed by atoms with van der Waals surface area (Å²) in [7, 11) is 3.42. The third-order valence-electron chi connectivity index (χ3n) is 3.49. The minimum atomic E-state index is -0.351. The van der Waals surface area contributed by atoms with E-state index in [1.165, 1.54) is 0 Å². The van der Waals surface area contributed by atoms with E-state index in [0.717, 1.165) is 16.9 Å². The Morgan fingerprint density at radius 2 is 1.75 bits per heavy atom. The Hall–Kier alpha value is -3.28. The van der Waals surface area contributed by atoms with E-state index in [0.29, 0.717) is 11.5 Å². The fourth-order valence-corrected chi connectivity index (χ4v) is 2.35. The van der Waals surface area contributed by atoms with E-state index in [4.69, 9.17) is 4.74 Å². The highest BCUT2D eigenvalue weighted by Crippen LogP contribution is 2.26. The molecule has 0 saturated carbocycles. The summed E-state index contributed by atoms with van der Waals surface area (Å²) < 4.78 is 6.77. The van der Waals surface area contributed by atoms with Gasteiger partial charge in [-0.25, -0.2) is 4.79 Å². The number of carbonyl (C=O) groups excluding carboxylic acids is 1. The van der Waals surface area contributed by atoms with Gasteiger partial charge in [0.25, 0.3) is 0 Å². The van der Waals surface area contributed by atoms with Crippen LogP contribution in [0.2, 0.25) is 0 Å². The lowest BCUT2D eigenvalue weighted by molar-refractivity contribution is 0.262. The number of aryl methyl sites for hydroxylation is 1. The number of rotatable bonds is 4. The molecule has 2 N–H and O–H groups in total. The van der Waals surface area contributed by atoms with Crippen molar-refractivity contribution in [1.29, 1.82) is 0 Å². The van der Waals surface area contributed by atoms with Gasteiger partial charge in [-0.15, -0.1) is 0 Å². The number of nitrogens with zero attached hydrogens (tertiary/aromatic N) is 2. The number of ether oxygens (including phenoxy) is 1. The highest BCUT2D eigenvalue weighted by molar-refractivity contribution is 6.01. The molecule has 0 bridgehead atoms. The lowest BCUT2D eigenvalue weighted by Crippen LogP contribution is -2.20. The lowest BCUT2D eigenvalue weighted by atomic mass is 10.1. The summed E-state index contributed by atoms with van der Waals surface area (Å²) in [4.78, 5) is 12.2. The Balaban J connectivity index is 1.74. The van der Waals surface area contributed by atoms with Crippen LogP contribution in [0.15, 0.2) is 60.8 Å². The number of aromatic nitrogens is 2. The fraction of sp³-hybridized carbons (Fsp3) is 0.111. The normalized spacial score (nSPS) is 10.2. The van der Waals surface area contributed by atoms with Crippen LogP contribution < -0.4 is 15.4 Å². The molecule has 2 aromatic carbocycles. The zero-order valence-corrected chi connectivity index (χ0v) is 13.5. The molecule has 2 amide bonds. The van der Waals surface area contributed by atoms with Gasteiger partial charge in [-0.3, -0.25) is 10.00 Å². The van der Waals surface area contributed by atoms with Crippen LogP contribution in [0.3, 0.4) is 0 Å². The van der Waals surface area contributed by atoms with Crippen molar-refractivity contribution in [2.45, 2.75) is 0 Å². The van der Waals surface area contributed by atoms with Crippen LogP contribution in [0.25, 0.3) is 11.1 Å². The molecule has 0 radical (unpaired) electrons. The molecule has 0 fully saturated rings. The number of amides is 2. The van der Waals surface area contributed by atoms with Crippen LogP contribution in [0, 0.1) is 0 Å². The number of benzene rings is 2. The topological polar surface area (TPSA) is 68.2 Å². The van der Waals surface area contributed by atoms with Gasteiger partial charge in [0.1, 0.15) is 5.75 Å². The molecular weight excluding hydrogens is 304 g/mol. The van der Waals surface area contributed by atoms with Crippen molar-refractivity contribution in [1.82, 2.24) is 9.78 Å². The Morgan fingerprint density at radius 3 is 2.42 bits per heavy atom. The molecular formula is C18H18N4O2. The lowest BCUT2D eigenvalue weighted by Gasteiger charge is -2.08. The van der Waals surface area contributed by atoms with Gasteiger partial charge < -0.3 is 10.1 Å². The van der Waals surface area contributed by atoms with Gasteiger partial charge in [0.05, 0.1) is 7.11 Å². The highest BCUT2D eigenvalue weighted by Gasteiger charge is 2.12. The van der Waals surface area contributed by atoms with Crippen molar-refractivity contribution < 1.29 is 9.53 Å². The molecule has 3 aromatic rings. The monoisotopic (exact) mass is 322 g/mol. The van der Waals surface area contributed by atoms with Crippen molar-refractivity contribution in [3.8, 4) is 16.9 Å². The van der Waals surface area contributed by atoms with Gasteiger partial charge in [-0.2, -0.15) is 5.10 Å². The zero-order chi connectivity index (χ0) is 16.9. The first-order valence-corrected chi connectivity index (χ1v) is 7.47. The summed E-state index contributed by atoms with van der Waals surface area (Å²) in [5.41, 5.74) is 2.53. The van der Waals surface area contributed by atoms with E-state index in [2.05, 4.69) is 15.7 Å². The predicted octanol–water partition coefficient (Wildman–Crippen LogP) is 3.74. The van der Waals surface area contributed by atoms with Crippen molar-refractivity contribution in [3.63, 3.8) is 0 Å². The average Bonchev–Trinajstić information content (AvgIpc) is 2.96. The van der Waals surface area contributed by atoms with Crippen LogP contribution in [0.1, 0.15) is 0 Å². The summed E-state index contributed by atoms with van der Waals surface area (Å²) in [6, 6.07) is 16.6. The largest absolute Gasteiger partial charge is 0.497 e. The number of anilines is 2. The van der Waals surface area contributed by atoms with Gasteiger partial charge in [-0.1, -0.05) is 30.3 Å². The molecule has 0 aliphatic carbocycles. The minimum Gasteiger partial charge on any atom is -0.497 e. The van der Waals surface area contributed by atoms with Crippen LogP contribution in [-0.2, 0) is 7.05 Å². The second-order valence-electron chi connectivity index (χ2n) is 5.24. The summed E-state index contributed by atoms with van der Waals surface area (Å²) in [5.74, 6) is 1.24. The SMILES string of the molecule is COc1ccc(NC(=O)Nc2nn(C)cc2-c2ccccc2)cc1. The first-order chi connectivity index (χ1) is 11.7. The number of urea groups is 1. The number of nitrogens with one attached hydrogen (secondary N) is 2. The molecule has 0 saturated heterocycles. The molecule has 6 heteroatoms. The molecule has 6 nitrogen and oxygen atoms in total. The Kier molecular flexibility index (Phi) is 4.47. The first kappa shape index (κ1) is 15.6. The van der Waals surface area contributed by atoms with Crippen molar-refractivity contribution in [2.75, 3.05) is 17.7 Å². The average molecular weight is 322 g/mol. The van der Waals surface area contributed by atoms with Crippen LogP contribution in [0.4, 0.5) is 16.3 Å². The summed E-state index contributed by atoms with van der Waals surface area (Å²) in [6.07, 6.45) is 1.87. The van der Waals surface area contributed by atoms with E-state index in [-0.39, 0.29) is 6.03 Å². The quantitative estimate of drug-likeness (QED) is 0.769. The molecule has 24 heavy (non-hydrogen) atoms. The fourth-order valence-electron chi connectivity index (χ4n) is 2.35. The van der Waals surface area contributed by atoms with Crippen LogP contribution in [-0.4, -0.2) is 22.9 Å². The molecule has 1 aromatic heterocycles. The van der Waals surface area contributed by atoms with Crippen molar-refractivity contribution >= 4 is 17.5 Å². The number of methoxy groups -OCH3 is 1. The minimum absolute atomic E-state index is 0.351. The summed E-state index contributed by atoms with van der Waals surface area (Å²) in [5, 5.41) is 9.89. The Morgan fingerprint density at radius 1 is 1.04 bits per heavy atom. The van der Waals surface area contributed by atoms with E-state index in [1.54, 1.807) is 36.1 Å². The maximum Gasteiger partial charge on any atom is 0.324 e. The van der Waals surface area contributed by atoms with E-state index in [9.17, 15) is 4.79 Å². The zero-order valence-electron chi connectivity index (χ0n) is 13.5. The van der Waals surface area contributed by atoms with Gasteiger partial charge in [0, 0.05) is 24.5 Å². The molecule has 0 aliphatic heterocycles. The molecule has 0 atom stereocenters. The van der Waals surface area contributed by atoms with Crippen molar-refractivity contribution in [2.24, 2.45) is 7.05 Å². The maximum atomic E-state index is 12.2. The van der Waals surface area contributed by atoms with E-state index in [1.807, 2.05) is 43.6 Å². The van der Waals surface area contributed by atoms with Crippen LogP contribution in [0.5, 0.6) is 5.75 Å². The molecule has 0 aliphatic rings. The maximum absolute atomic E-state index is 12.2. The molecule has 1 heterocycles. The summed E-state index contributed by atoms with van der Waals surface area (Å²) >= 11 is 0. The van der Waals surface area contributed by atoms with E-state index < -0.39 is 0 Å². The van der Waals surface area contributed by atoms with Gasteiger partial charge >= 0.3 is 6.03 Å². The Bertz CT molecular complexity index is 826. The smallest absolute Gasteiger partial charge is 0.324 e. The number of hydrogen-bond donors (Lipinski definition) is 2. The standard InChI is InChI=1S/C18H18N4O2/c1-22-12-16(13-6-4-3-5-7-13)17(21-22)20-18(23)19-14-8-10-15(24-2)11-9-14/h3-12H,1-2H3,(H2,19,20,21,23). The number of carbonyl (C=O) groups is 1. The molecule has 122 valence electrons. The van der Waals surface area contributed by atoms with Crippen molar-refractivity contribution in [3.05, 3.63) is 60.8 Å². The van der Waals surface area contributed by atoms with Gasteiger partial charge in [0.2, 0.25) is 0 Å². The van der Waals surface area contributed by atoms with Gasteiger partial charge in [0.15, 0.2) is 5.82 Å². The Labute approximate surface area is 140 Å². The second-order valence-corrected chi connectivity index (χ2v) is 5.24. The van der Waals surface area contributed by atoms with E-state index >= 15 is 0 Å². The third-order valence-corrected chi connectivity index (χ3v) is 3.49.